The maximum Gasteiger partial charge on any atom is 0.490 e. The van der Waals surface area contributed by atoms with Crippen molar-refractivity contribution in [2.24, 2.45) is 0 Å². The van der Waals surface area contributed by atoms with Crippen LogP contribution in [0.2, 0.25) is 0 Å². The maximum atomic E-state index is 10.6. The molecule has 2 aromatic rings. The van der Waals surface area contributed by atoms with Crippen molar-refractivity contribution >= 4 is 23.3 Å². The van der Waals surface area contributed by atoms with E-state index in [9.17, 15) is 26.3 Å². The van der Waals surface area contributed by atoms with Gasteiger partial charge in [-0.2, -0.15) is 26.3 Å². The number of carboxylic acid groups (broad SMARTS) is 2. The molecule has 3 heterocycles. The Morgan fingerprint density at radius 3 is 2.26 bits per heavy atom. The third-order valence-electron chi connectivity index (χ3n) is 5.64. The summed E-state index contributed by atoms with van der Waals surface area (Å²) in [6.45, 7) is 5.62. The van der Waals surface area contributed by atoms with E-state index in [1.807, 2.05) is 23.6 Å². The number of aryl methyl sites for hydroxylation is 1. The number of hydrogen-bond acceptors (Lipinski definition) is 7. The van der Waals surface area contributed by atoms with Crippen molar-refractivity contribution in [2.45, 2.75) is 63.5 Å². The standard InChI is InChI=1S/C19H24N2O2S.2C2HF3O2/c1-14-6-10-24-18(14)12-21-8-9-22-17-5-4-16(21)19(17)23-13-15-3-2-7-20-11-15;2*3-2(4,5)1(6)7/h2-3,6-7,10-11,16-17,19H,4-5,8-9,12-13H2,1H3;2*(H,6,7). The van der Waals surface area contributed by atoms with Gasteiger partial charge in [-0.25, -0.2) is 9.59 Å². The van der Waals surface area contributed by atoms with Crippen LogP contribution in [0, 0.1) is 6.92 Å². The van der Waals surface area contributed by atoms with Crippen LogP contribution in [-0.2, 0) is 32.2 Å². The molecule has 2 aliphatic rings. The lowest BCUT2D eigenvalue weighted by Crippen LogP contribution is -2.42. The maximum absolute atomic E-state index is 10.6. The molecular weight excluding hydrogens is 546 g/mol. The number of nitrogens with zero attached hydrogens (tertiary/aromatic N) is 2. The van der Waals surface area contributed by atoms with E-state index in [4.69, 9.17) is 29.3 Å². The van der Waals surface area contributed by atoms with Crippen LogP contribution in [0.3, 0.4) is 0 Å². The van der Waals surface area contributed by atoms with Crippen molar-refractivity contribution in [2.75, 3.05) is 13.2 Å². The zero-order chi connectivity index (χ0) is 28.5. The van der Waals surface area contributed by atoms with Crippen LogP contribution in [0.15, 0.2) is 36.0 Å². The van der Waals surface area contributed by atoms with E-state index in [0.29, 0.717) is 12.6 Å². The highest BCUT2D eigenvalue weighted by atomic mass is 32.1. The Balaban J connectivity index is 0.000000301. The number of aliphatic carboxylic acids is 2. The number of carboxylic acids is 2. The summed E-state index contributed by atoms with van der Waals surface area (Å²) in [5, 5.41) is 16.4. The van der Waals surface area contributed by atoms with Crippen molar-refractivity contribution in [1.82, 2.24) is 9.88 Å². The van der Waals surface area contributed by atoms with Gasteiger partial charge in [0.2, 0.25) is 0 Å². The van der Waals surface area contributed by atoms with Crippen LogP contribution >= 0.6 is 11.3 Å². The SMILES string of the molecule is Cc1ccsc1CN1CCOC2CCC1C2OCc1cccnc1.O=C(O)C(F)(F)F.O=C(O)C(F)(F)F. The molecule has 0 amide bonds. The van der Waals surface area contributed by atoms with E-state index >= 15 is 0 Å². The highest BCUT2D eigenvalue weighted by Crippen LogP contribution is 2.34. The van der Waals surface area contributed by atoms with Gasteiger partial charge >= 0.3 is 24.3 Å². The fourth-order valence-corrected chi connectivity index (χ4v) is 4.74. The monoisotopic (exact) mass is 572 g/mol. The number of carbonyl (C=O) groups is 2. The molecule has 15 heteroatoms. The van der Waals surface area contributed by atoms with Gasteiger partial charge in [0.1, 0.15) is 0 Å². The first kappa shape index (κ1) is 31.5. The first-order chi connectivity index (χ1) is 17.7. The molecule has 4 rings (SSSR count). The molecule has 2 fully saturated rings. The highest BCUT2D eigenvalue weighted by Gasteiger charge is 2.43. The van der Waals surface area contributed by atoms with E-state index in [0.717, 1.165) is 38.1 Å². The van der Waals surface area contributed by atoms with Gasteiger partial charge in [0.05, 0.1) is 25.4 Å². The van der Waals surface area contributed by atoms with Crippen molar-refractivity contribution in [3.8, 4) is 0 Å². The first-order valence-electron chi connectivity index (χ1n) is 11.2. The average molecular weight is 573 g/mol. The van der Waals surface area contributed by atoms with E-state index in [1.165, 1.54) is 10.4 Å². The molecule has 1 aliphatic heterocycles. The van der Waals surface area contributed by atoms with Crippen LogP contribution < -0.4 is 0 Å². The molecule has 2 bridgehead atoms. The summed E-state index contributed by atoms with van der Waals surface area (Å²) in [5.74, 6) is -5.51. The molecule has 1 saturated carbocycles. The van der Waals surface area contributed by atoms with Crippen LogP contribution in [0.4, 0.5) is 26.3 Å². The Bertz CT molecular complexity index is 1010. The molecule has 0 aromatic carbocycles. The first-order valence-corrected chi connectivity index (χ1v) is 12.1. The van der Waals surface area contributed by atoms with Crippen molar-refractivity contribution in [1.29, 1.82) is 0 Å². The third kappa shape index (κ3) is 9.85. The average Bonchev–Trinajstić information content (AvgIpc) is 3.37. The summed E-state index contributed by atoms with van der Waals surface area (Å²) in [6.07, 6.45) is -3.83. The minimum absolute atomic E-state index is 0.160. The molecule has 0 spiro atoms. The molecule has 1 aliphatic carbocycles. The highest BCUT2D eigenvalue weighted by molar-refractivity contribution is 7.10. The molecule has 38 heavy (non-hydrogen) atoms. The van der Waals surface area contributed by atoms with Gasteiger partial charge in [0, 0.05) is 36.4 Å². The molecular formula is C23H26F6N2O6S. The Hall–Kier alpha value is -2.75. The smallest absolute Gasteiger partial charge is 0.475 e. The van der Waals surface area contributed by atoms with Crippen molar-refractivity contribution < 1.29 is 55.6 Å². The van der Waals surface area contributed by atoms with Crippen molar-refractivity contribution in [3.63, 3.8) is 0 Å². The summed E-state index contributed by atoms with van der Waals surface area (Å²) in [5.41, 5.74) is 2.52. The fourth-order valence-electron chi connectivity index (χ4n) is 3.81. The third-order valence-corrected chi connectivity index (χ3v) is 6.64. The predicted molar refractivity (Wildman–Crippen MR) is 122 cm³/mol. The summed E-state index contributed by atoms with van der Waals surface area (Å²) in [6, 6.07) is 6.69. The van der Waals surface area contributed by atoms with Crippen LogP contribution in [-0.4, -0.2) is 75.8 Å². The molecule has 8 nitrogen and oxygen atoms in total. The summed E-state index contributed by atoms with van der Waals surface area (Å²) < 4.78 is 75.9. The summed E-state index contributed by atoms with van der Waals surface area (Å²) in [7, 11) is 0. The van der Waals surface area contributed by atoms with Crippen molar-refractivity contribution in [3.05, 3.63) is 52.0 Å². The predicted octanol–water partition coefficient (Wildman–Crippen LogP) is 4.67. The van der Waals surface area contributed by atoms with E-state index in [2.05, 4.69) is 34.3 Å². The second kappa shape index (κ2) is 13.9. The Morgan fingerprint density at radius 1 is 1.13 bits per heavy atom. The second-order valence-corrected chi connectivity index (χ2v) is 9.29. The van der Waals surface area contributed by atoms with Gasteiger partial charge in [-0.15, -0.1) is 11.3 Å². The Kier molecular flexibility index (Phi) is 11.5. The number of thiophene rings is 1. The summed E-state index contributed by atoms with van der Waals surface area (Å²) in [4.78, 5) is 26.0. The summed E-state index contributed by atoms with van der Waals surface area (Å²) >= 11 is 1.86. The lowest BCUT2D eigenvalue weighted by Gasteiger charge is -2.31. The van der Waals surface area contributed by atoms with Gasteiger partial charge in [0.25, 0.3) is 0 Å². The molecule has 0 radical (unpaired) electrons. The number of fused-ring (bicyclic) bond motifs is 2. The van der Waals surface area contributed by atoms with Gasteiger partial charge in [0.15, 0.2) is 0 Å². The van der Waals surface area contributed by atoms with E-state index in [1.54, 1.807) is 6.20 Å². The quantitative estimate of drug-likeness (QED) is 0.498. The van der Waals surface area contributed by atoms with Gasteiger partial charge in [-0.1, -0.05) is 6.07 Å². The number of aromatic nitrogens is 1. The van der Waals surface area contributed by atoms with E-state index in [-0.39, 0.29) is 12.2 Å². The normalized spacial score (nSPS) is 21.4. The lowest BCUT2D eigenvalue weighted by atomic mass is 10.1. The van der Waals surface area contributed by atoms with E-state index < -0.39 is 24.3 Å². The molecule has 2 aromatic heterocycles. The number of pyridine rings is 1. The Morgan fingerprint density at radius 2 is 1.76 bits per heavy atom. The number of ether oxygens (including phenoxy) is 2. The van der Waals surface area contributed by atoms with Gasteiger partial charge < -0.3 is 19.7 Å². The number of rotatable bonds is 5. The van der Waals surface area contributed by atoms with Crippen LogP contribution in [0.25, 0.3) is 0 Å². The van der Waals surface area contributed by atoms with Crippen LogP contribution in [0.1, 0.15) is 28.8 Å². The van der Waals surface area contributed by atoms with Crippen LogP contribution in [0.5, 0.6) is 0 Å². The largest absolute Gasteiger partial charge is 0.490 e. The molecule has 3 unspecified atom stereocenters. The minimum atomic E-state index is -5.08. The number of hydrogen-bond donors (Lipinski definition) is 2. The second-order valence-electron chi connectivity index (χ2n) is 8.29. The zero-order valence-corrected chi connectivity index (χ0v) is 20.9. The molecule has 2 N–H and O–H groups in total. The number of halogens is 6. The van der Waals surface area contributed by atoms with Gasteiger partial charge in [-0.3, -0.25) is 9.88 Å². The lowest BCUT2D eigenvalue weighted by molar-refractivity contribution is -0.193. The topological polar surface area (TPSA) is 109 Å². The molecule has 3 atom stereocenters. The Labute approximate surface area is 217 Å². The molecule has 1 saturated heterocycles. The molecule has 212 valence electrons. The fraction of sp³-hybridized carbons (Fsp3) is 0.522. The minimum Gasteiger partial charge on any atom is -0.475 e. The number of alkyl halides is 6. The zero-order valence-electron chi connectivity index (χ0n) is 20.0. The van der Waals surface area contributed by atoms with Gasteiger partial charge in [-0.05, 0) is 48.4 Å².